The monoisotopic (exact) mass is 462 g/mol. The molecule has 6 nitrogen and oxygen atoms in total. The predicted octanol–water partition coefficient (Wildman–Crippen LogP) is 5.07. The number of hydrogen-bond donors (Lipinski definition) is 1. The molecule has 0 atom stereocenters. The summed E-state index contributed by atoms with van der Waals surface area (Å²) in [5, 5.41) is 4.56. The maximum absolute atomic E-state index is 13.2. The van der Waals surface area contributed by atoms with Crippen LogP contribution in [0.25, 0.3) is 10.9 Å². The van der Waals surface area contributed by atoms with Crippen molar-refractivity contribution >= 4 is 34.4 Å². The summed E-state index contributed by atoms with van der Waals surface area (Å²) in [6.45, 7) is 0.916. The number of carbonyl (C=O) groups is 2. The van der Waals surface area contributed by atoms with Gasteiger partial charge in [-0.15, -0.1) is 0 Å². The second-order valence-corrected chi connectivity index (χ2v) is 7.99. The van der Waals surface area contributed by atoms with Crippen LogP contribution in [0.4, 0.5) is 0 Å². The van der Waals surface area contributed by atoms with Gasteiger partial charge in [-0.1, -0.05) is 35.9 Å². The zero-order valence-electron chi connectivity index (χ0n) is 18.3. The third-order valence-electron chi connectivity index (χ3n) is 5.41. The second-order valence-electron chi connectivity index (χ2n) is 7.55. The number of methoxy groups -OCH3 is 2. The summed E-state index contributed by atoms with van der Waals surface area (Å²) in [4.78, 5) is 24.8. The standard InChI is InChI=1S/C26H23ClN2O4/c1-32-22-13-20-11-12-29(16-18-5-9-21(27)10-6-18)24(20)23(14-22)25(30)28-15-17-3-7-19(8-4-17)26(31)33-2/h3-14H,15-16H2,1-2H3,(H,28,30). The van der Waals surface area contributed by atoms with Gasteiger partial charge in [-0.25, -0.2) is 4.79 Å². The Kier molecular flexibility index (Phi) is 6.66. The first-order valence-electron chi connectivity index (χ1n) is 10.4. The molecule has 33 heavy (non-hydrogen) atoms. The van der Waals surface area contributed by atoms with Crippen LogP contribution >= 0.6 is 11.6 Å². The number of amides is 1. The van der Waals surface area contributed by atoms with E-state index < -0.39 is 5.97 Å². The molecule has 0 saturated carbocycles. The van der Waals surface area contributed by atoms with Gasteiger partial charge in [0.15, 0.2) is 0 Å². The summed E-state index contributed by atoms with van der Waals surface area (Å²) < 4.78 is 12.2. The van der Waals surface area contributed by atoms with E-state index in [1.54, 1.807) is 37.4 Å². The van der Waals surface area contributed by atoms with Crippen molar-refractivity contribution in [1.29, 1.82) is 0 Å². The van der Waals surface area contributed by atoms with E-state index in [4.69, 9.17) is 21.1 Å². The minimum atomic E-state index is -0.397. The van der Waals surface area contributed by atoms with Crippen LogP contribution in [0.2, 0.25) is 5.02 Å². The van der Waals surface area contributed by atoms with E-state index in [0.717, 1.165) is 22.0 Å². The van der Waals surface area contributed by atoms with E-state index in [1.807, 2.05) is 47.2 Å². The maximum Gasteiger partial charge on any atom is 0.337 e. The van der Waals surface area contributed by atoms with Gasteiger partial charge in [0.05, 0.1) is 30.9 Å². The Morgan fingerprint density at radius 2 is 1.64 bits per heavy atom. The van der Waals surface area contributed by atoms with Crippen LogP contribution in [0.5, 0.6) is 5.75 Å². The maximum atomic E-state index is 13.2. The quantitative estimate of drug-likeness (QED) is 0.389. The minimum Gasteiger partial charge on any atom is -0.497 e. The lowest BCUT2D eigenvalue weighted by Gasteiger charge is -2.13. The molecule has 0 spiro atoms. The molecule has 0 unspecified atom stereocenters. The fourth-order valence-electron chi connectivity index (χ4n) is 3.69. The Bertz CT molecular complexity index is 1290. The molecular weight excluding hydrogens is 440 g/mol. The molecule has 1 heterocycles. The lowest BCUT2D eigenvalue weighted by molar-refractivity contribution is 0.0600. The van der Waals surface area contributed by atoms with Gasteiger partial charge in [-0.05, 0) is 53.6 Å². The van der Waals surface area contributed by atoms with E-state index in [2.05, 4.69) is 5.32 Å². The van der Waals surface area contributed by atoms with Crippen LogP contribution in [-0.2, 0) is 17.8 Å². The molecule has 1 amide bonds. The number of benzene rings is 3. The van der Waals surface area contributed by atoms with Gasteiger partial charge in [-0.3, -0.25) is 4.79 Å². The number of hydrogen-bond acceptors (Lipinski definition) is 4. The van der Waals surface area contributed by atoms with Gasteiger partial charge in [0.2, 0.25) is 0 Å². The molecule has 0 fully saturated rings. The predicted molar refractivity (Wildman–Crippen MR) is 128 cm³/mol. The number of halogens is 1. The highest BCUT2D eigenvalue weighted by molar-refractivity contribution is 6.30. The molecule has 1 aromatic heterocycles. The van der Waals surface area contributed by atoms with E-state index in [-0.39, 0.29) is 5.91 Å². The molecule has 3 aromatic carbocycles. The third-order valence-corrected chi connectivity index (χ3v) is 5.66. The van der Waals surface area contributed by atoms with E-state index >= 15 is 0 Å². The number of nitrogens with one attached hydrogen (secondary N) is 1. The van der Waals surface area contributed by atoms with Gasteiger partial charge in [0, 0.05) is 29.7 Å². The zero-order valence-corrected chi connectivity index (χ0v) is 19.1. The van der Waals surface area contributed by atoms with Crippen molar-refractivity contribution in [2.24, 2.45) is 0 Å². The summed E-state index contributed by atoms with van der Waals surface area (Å²) in [5.74, 6) is -0.00266. The molecule has 0 saturated heterocycles. The molecule has 168 valence electrons. The Morgan fingerprint density at radius 3 is 2.30 bits per heavy atom. The zero-order chi connectivity index (χ0) is 23.4. The van der Waals surface area contributed by atoms with Gasteiger partial charge in [0.25, 0.3) is 5.91 Å². The van der Waals surface area contributed by atoms with Crippen molar-refractivity contribution in [1.82, 2.24) is 9.88 Å². The Balaban J connectivity index is 1.59. The number of ether oxygens (including phenoxy) is 2. The van der Waals surface area contributed by atoms with Crippen molar-refractivity contribution in [2.45, 2.75) is 13.1 Å². The minimum absolute atomic E-state index is 0.216. The summed E-state index contributed by atoms with van der Waals surface area (Å²) in [6.07, 6.45) is 1.96. The molecule has 1 N–H and O–H groups in total. The lowest BCUT2D eigenvalue weighted by atomic mass is 10.1. The molecule has 0 bridgehead atoms. The summed E-state index contributed by atoms with van der Waals surface area (Å²) >= 11 is 6.01. The average molecular weight is 463 g/mol. The van der Waals surface area contributed by atoms with Crippen LogP contribution in [0.15, 0.2) is 72.9 Å². The Hall–Kier alpha value is -3.77. The SMILES string of the molecule is COC(=O)c1ccc(CNC(=O)c2cc(OC)cc3ccn(Cc4ccc(Cl)cc4)c23)cc1. The van der Waals surface area contributed by atoms with Gasteiger partial charge in [0.1, 0.15) is 5.75 Å². The van der Waals surface area contributed by atoms with Gasteiger partial charge in [-0.2, -0.15) is 0 Å². The number of aromatic nitrogens is 1. The molecule has 4 rings (SSSR count). The fourth-order valence-corrected chi connectivity index (χ4v) is 3.81. The van der Waals surface area contributed by atoms with Crippen molar-refractivity contribution in [3.8, 4) is 5.75 Å². The summed E-state index contributed by atoms with van der Waals surface area (Å²) in [5.41, 5.74) is 3.75. The number of esters is 1. The molecular formula is C26H23ClN2O4. The first-order valence-corrected chi connectivity index (χ1v) is 10.7. The van der Waals surface area contributed by atoms with Crippen LogP contribution in [0.1, 0.15) is 31.8 Å². The normalized spacial score (nSPS) is 10.8. The highest BCUT2D eigenvalue weighted by atomic mass is 35.5. The van der Waals surface area contributed by atoms with Crippen LogP contribution in [0.3, 0.4) is 0 Å². The Labute approximate surface area is 196 Å². The van der Waals surface area contributed by atoms with Crippen molar-refractivity contribution in [3.05, 3.63) is 100 Å². The molecule has 0 aliphatic rings. The lowest BCUT2D eigenvalue weighted by Crippen LogP contribution is -2.23. The molecule has 0 radical (unpaired) electrons. The average Bonchev–Trinajstić information content (AvgIpc) is 3.25. The number of nitrogens with zero attached hydrogens (tertiary/aromatic N) is 1. The van der Waals surface area contributed by atoms with Crippen LogP contribution in [0, 0.1) is 0 Å². The van der Waals surface area contributed by atoms with E-state index in [9.17, 15) is 9.59 Å². The molecule has 4 aromatic rings. The largest absolute Gasteiger partial charge is 0.497 e. The number of carbonyl (C=O) groups excluding carboxylic acids is 2. The smallest absolute Gasteiger partial charge is 0.337 e. The van der Waals surface area contributed by atoms with Crippen molar-refractivity contribution < 1.29 is 19.1 Å². The number of fused-ring (bicyclic) bond motifs is 1. The third kappa shape index (κ3) is 5.02. The van der Waals surface area contributed by atoms with Crippen molar-refractivity contribution in [3.63, 3.8) is 0 Å². The summed E-state index contributed by atoms with van der Waals surface area (Å²) in [7, 11) is 2.92. The fraction of sp³-hybridized carbons (Fsp3) is 0.154. The molecule has 0 aliphatic heterocycles. The second kappa shape index (κ2) is 9.79. The van der Waals surface area contributed by atoms with Crippen molar-refractivity contribution in [2.75, 3.05) is 14.2 Å². The van der Waals surface area contributed by atoms with Gasteiger partial charge < -0.3 is 19.4 Å². The first-order chi connectivity index (χ1) is 16.0. The molecule has 0 aliphatic carbocycles. The first kappa shape index (κ1) is 22.4. The summed E-state index contributed by atoms with van der Waals surface area (Å²) in [6, 6.07) is 20.2. The highest BCUT2D eigenvalue weighted by Gasteiger charge is 2.16. The van der Waals surface area contributed by atoms with E-state index in [0.29, 0.717) is 35.0 Å². The Morgan fingerprint density at radius 1 is 0.939 bits per heavy atom. The van der Waals surface area contributed by atoms with E-state index in [1.165, 1.54) is 7.11 Å². The van der Waals surface area contributed by atoms with Crippen LogP contribution < -0.4 is 10.1 Å². The topological polar surface area (TPSA) is 69.6 Å². The van der Waals surface area contributed by atoms with Gasteiger partial charge >= 0.3 is 5.97 Å². The molecule has 7 heteroatoms. The highest BCUT2D eigenvalue weighted by Crippen LogP contribution is 2.27. The van der Waals surface area contributed by atoms with Crippen LogP contribution in [-0.4, -0.2) is 30.7 Å². The number of rotatable bonds is 7.